The Bertz CT molecular complexity index is 371. The molecular weight excluding hydrogens is 379 g/mol. The van der Waals surface area contributed by atoms with E-state index in [1.807, 2.05) is 4.74 Å². The van der Waals surface area contributed by atoms with E-state index >= 15 is 0 Å². The van der Waals surface area contributed by atoms with Crippen molar-refractivity contribution in [3.05, 3.63) is 6.92 Å². The second kappa shape index (κ2) is 5.80. The minimum Gasteiger partial charge on any atom is -0.248 e. The molecule has 139 valence electrons. The Kier molecular flexibility index (Phi) is 5.54. The maximum Gasteiger partial charge on any atom is 0.527 e. The number of alkyl halides is 13. The van der Waals surface area contributed by atoms with Crippen molar-refractivity contribution in [3.63, 3.8) is 0 Å². The lowest BCUT2D eigenvalue weighted by Gasteiger charge is -2.32. The van der Waals surface area contributed by atoms with Crippen molar-refractivity contribution in [2.75, 3.05) is 0 Å². The molecule has 0 amide bonds. The van der Waals surface area contributed by atoms with Crippen molar-refractivity contribution in [1.29, 1.82) is 0 Å². The monoisotopic (exact) mass is 381 g/mol. The third-order valence-electron chi connectivity index (χ3n) is 1.46. The van der Waals surface area contributed by atoms with Gasteiger partial charge in [-0.3, -0.25) is 0 Å². The highest BCUT2D eigenvalue weighted by molar-refractivity contribution is 4.76. The molecule has 23 heavy (non-hydrogen) atoms. The van der Waals surface area contributed by atoms with Crippen LogP contribution in [0.15, 0.2) is 0 Å². The molecule has 0 aromatic carbocycles. The van der Waals surface area contributed by atoms with Gasteiger partial charge in [0, 0.05) is 6.92 Å². The number of hydrogen-bond acceptors (Lipinski definition) is 3. The molecule has 0 fully saturated rings. The summed E-state index contributed by atoms with van der Waals surface area (Å²) in [5, 5.41) is 0. The molecule has 0 bridgehead atoms. The zero-order valence-electron chi connectivity index (χ0n) is 9.85. The Morgan fingerprint density at radius 3 is 0.957 bits per heavy atom. The van der Waals surface area contributed by atoms with Crippen molar-refractivity contribution >= 4 is 0 Å². The van der Waals surface area contributed by atoms with E-state index in [4.69, 9.17) is 0 Å². The summed E-state index contributed by atoms with van der Waals surface area (Å²) >= 11 is 0. The van der Waals surface area contributed by atoms with Crippen molar-refractivity contribution in [2.24, 2.45) is 0 Å². The van der Waals surface area contributed by atoms with Crippen LogP contribution in [0.1, 0.15) is 0 Å². The van der Waals surface area contributed by atoms with Gasteiger partial charge in [-0.15, -0.1) is 13.2 Å². The molecule has 0 spiro atoms. The molecular formula is C7H2F13O3. The van der Waals surface area contributed by atoms with Crippen molar-refractivity contribution in [2.45, 2.75) is 36.9 Å². The highest BCUT2D eigenvalue weighted by Gasteiger charge is 2.73. The van der Waals surface area contributed by atoms with Crippen molar-refractivity contribution < 1.29 is 71.3 Å². The quantitative estimate of drug-likeness (QED) is 0.614. The van der Waals surface area contributed by atoms with E-state index in [-0.39, 0.29) is 0 Å². The van der Waals surface area contributed by atoms with E-state index in [2.05, 4.69) is 0 Å². The lowest BCUT2D eigenvalue weighted by Crippen LogP contribution is -2.57. The van der Waals surface area contributed by atoms with Gasteiger partial charge in [0.05, 0.1) is 0 Å². The molecule has 0 heterocycles. The molecule has 3 nitrogen and oxygen atoms in total. The smallest absolute Gasteiger partial charge is 0.248 e. The van der Waals surface area contributed by atoms with Gasteiger partial charge in [-0.2, -0.15) is 43.9 Å². The minimum atomic E-state index is -7.03. The SMILES string of the molecule is [CH2]C(F)(F)OC(F)(F)C(F)(F)OC(F)(F)C(F)(F)OC(F)(F)F. The molecule has 16 heteroatoms. The van der Waals surface area contributed by atoms with Gasteiger partial charge >= 0.3 is 36.9 Å². The largest absolute Gasteiger partial charge is 0.527 e. The molecule has 0 rings (SSSR count). The first-order valence-corrected chi connectivity index (χ1v) is 4.54. The fourth-order valence-electron chi connectivity index (χ4n) is 0.732. The Morgan fingerprint density at radius 2 is 0.696 bits per heavy atom. The second-order valence-corrected chi connectivity index (χ2v) is 3.46. The van der Waals surface area contributed by atoms with Gasteiger partial charge < -0.3 is 0 Å². The number of ether oxygens (including phenoxy) is 3. The van der Waals surface area contributed by atoms with Gasteiger partial charge in [0.25, 0.3) is 0 Å². The molecule has 0 aliphatic heterocycles. The van der Waals surface area contributed by atoms with Gasteiger partial charge in [-0.25, -0.2) is 14.2 Å². The second-order valence-electron chi connectivity index (χ2n) is 3.46. The minimum absolute atomic E-state index is 1.43. The summed E-state index contributed by atoms with van der Waals surface area (Å²) in [6.45, 7) is 1.43. The topological polar surface area (TPSA) is 27.7 Å². The Hall–Kier alpha value is -1.03. The molecule has 1 radical (unpaired) electrons. The van der Waals surface area contributed by atoms with Crippen LogP contribution < -0.4 is 0 Å². The summed E-state index contributed by atoms with van der Waals surface area (Å²) in [5.41, 5.74) is 0. The summed E-state index contributed by atoms with van der Waals surface area (Å²) < 4.78 is 163. The third kappa shape index (κ3) is 6.17. The molecule has 0 saturated carbocycles. The molecule has 0 aromatic heterocycles. The van der Waals surface area contributed by atoms with E-state index in [0.29, 0.717) is 0 Å². The predicted molar refractivity (Wildman–Crippen MR) is 39.4 cm³/mol. The van der Waals surface area contributed by atoms with Gasteiger partial charge in [-0.1, -0.05) is 0 Å². The van der Waals surface area contributed by atoms with Gasteiger partial charge in [0.2, 0.25) is 0 Å². The van der Waals surface area contributed by atoms with Crippen LogP contribution in [0.3, 0.4) is 0 Å². The molecule has 0 unspecified atom stereocenters. The third-order valence-corrected chi connectivity index (χ3v) is 1.46. The average molecular weight is 381 g/mol. The fourth-order valence-corrected chi connectivity index (χ4v) is 0.732. The van der Waals surface area contributed by atoms with Crippen LogP contribution in [-0.4, -0.2) is 36.9 Å². The highest BCUT2D eigenvalue weighted by Crippen LogP contribution is 2.48. The maximum atomic E-state index is 12.6. The molecule has 0 aromatic rings. The van der Waals surface area contributed by atoms with E-state index in [1.165, 1.54) is 11.7 Å². The first-order valence-electron chi connectivity index (χ1n) is 4.54. The summed E-state index contributed by atoms with van der Waals surface area (Å²) in [6.07, 6.45) is -39.4. The van der Waals surface area contributed by atoms with Crippen molar-refractivity contribution in [3.8, 4) is 0 Å². The maximum absolute atomic E-state index is 12.6. The number of hydrogen-bond donors (Lipinski definition) is 0. The molecule has 0 atom stereocenters. The molecule has 0 N–H and O–H groups in total. The summed E-state index contributed by atoms with van der Waals surface area (Å²) in [6, 6.07) is 0. The summed E-state index contributed by atoms with van der Waals surface area (Å²) in [7, 11) is 0. The zero-order chi connectivity index (χ0) is 19.1. The zero-order valence-corrected chi connectivity index (χ0v) is 9.85. The van der Waals surface area contributed by atoms with Crippen LogP contribution in [0.25, 0.3) is 0 Å². The van der Waals surface area contributed by atoms with Gasteiger partial charge in [-0.05, 0) is 0 Å². The Morgan fingerprint density at radius 1 is 0.435 bits per heavy atom. The van der Waals surface area contributed by atoms with Gasteiger partial charge in [0.1, 0.15) is 0 Å². The first kappa shape index (κ1) is 22.0. The molecule has 0 aliphatic carbocycles. The van der Waals surface area contributed by atoms with E-state index in [9.17, 15) is 57.1 Å². The van der Waals surface area contributed by atoms with Crippen LogP contribution in [0.5, 0.6) is 0 Å². The number of rotatable bonds is 7. The van der Waals surface area contributed by atoms with Crippen LogP contribution in [0.2, 0.25) is 0 Å². The van der Waals surface area contributed by atoms with Crippen LogP contribution in [0.4, 0.5) is 57.1 Å². The lowest BCUT2D eigenvalue weighted by atomic mass is 10.5. The molecule has 0 saturated heterocycles. The van der Waals surface area contributed by atoms with E-state index in [0.717, 1.165) is 0 Å². The Balaban J connectivity index is 5.41. The predicted octanol–water partition coefficient (Wildman–Crippen LogP) is 4.35. The Labute approximate surface area is 116 Å². The standard InChI is InChI=1S/C7H2F13O3/c1-2(8,9)21-3(10,11)4(12,13)22-5(14,15)6(16,17)23-7(18,19)20/h1H2. The summed E-state index contributed by atoms with van der Waals surface area (Å²) in [4.78, 5) is 0. The van der Waals surface area contributed by atoms with Crippen LogP contribution in [0, 0.1) is 6.92 Å². The van der Waals surface area contributed by atoms with Crippen LogP contribution in [-0.2, 0) is 14.2 Å². The normalized spacial score (nSPS) is 15.9. The average Bonchev–Trinajstić information content (AvgIpc) is 2.05. The first-order chi connectivity index (χ1) is 9.62. The van der Waals surface area contributed by atoms with Crippen molar-refractivity contribution in [1.82, 2.24) is 0 Å². The summed E-state index contributed by atoms with van der Waals surface area (Å²) in [5.74, 6) is 0. The number of halogens is 13. The van der Waals surface area contributed by atoms with Crippen LogP contribution >= 0.6 is 0 Å². The van der Waals surface area contributed by atoms with E-state index in [1.54, 1.807) is 4.74 Å². The molecule has 0 aliphatic rings. The van der Waals surface area contributed by atoms with Gasteiger partial charge in [0.15, 0.2) is 0 Å². The highest BCUT2D eigenvalue weighted by atomic mass is 19.4. The fraction of sp³-hybridized carbons (Fsp3) is 0.857. The lowest BCUT2D eigenvalue weighted by molar-refractivity contribution is -0.562. The van der Waals surface area contributed by atoms with E-state index < -0.39 is 36.9 Å².